The highest BCUT2D eigenvalue weighted by Gasteiger charge is 2.29. The predicted molar refractivity (Wildman–Crippen MR) is 124 cm³/mol. The maximum Gasteiger partial charge on any atom is 0.00307 e. The number of rotatable bonds is 11. The quantitative estimate of drug-likeness (QED) is 0.344. The van der Waals surface area contributed by atoms with Crippen LogP contribution < -0.4 is 0 Å². The minimum atomic E-state index is 0.664. The van der Waals surface area contributed by atoms with Crippen molar-refractivity contribution in [2.24, 2.45) is 0 Å². The largest absolute Gasteiger partial charge is 0.0764 e. The second-order valence-electron chi connectivity index (χ2n) is 9.22. The molecule has 2 atom stereocenters. The Hall–Kier alpha value is -1.56. The second-order valence-corrected chi connectivity index (χ2v) is 9.22. The van der Waals surface area contributed by atoms with Gasteiger partial charge in [-0.25, -0.2) is 0 Å². The van der Waals surface area contributed by atoms with Gasteiger partial charge in [-0.15, -0.1) is 0 Å². The van der Waals surface area contributed by atoms with Gasteiger partial charge in [0.15, 0.2) is 0 Å². The zero-order chi connectivity index (χ0) is 19.2. The van der Waals surface area contributed by atoms with Gasteiger partial charge >= 0.3 is 0 Å². The zero-order valence-corrected chi connectivity index (χ0v) is 17.9. The van der Waals surface area contributed by atoms with Gasteiger partial charge in [-0.2, -0.15) is 0 Å². The van der Waals surface area contributed by atoms with E-state index in [1.165, 1.54) is 94.4 Å². The molecule has 0 heteroatoms. The fourth-order valence-corrected chi connectivity index (χ4v) is 5.62. The summed E-state index contributed by atoms with van der Waals surface area (Å²) in [6.07, 6.45) is 23.3. The highest BCUT2D eigenvalue weighted by Crippen LogP contribution is 2.47. The van der Waals surface area contributed by atoms with Crippen molar-refractivity contribution >= 4 is 16.8 Å². The van der Waals surface area contributed by atoms with E-state index < -0.39 is 0 Å². The van der Waals surface area contributed by atoms with Gasteiger partial charge in [0.05, 0.1) is 0 Å². The van der Waals surface area contributed by atoms with Crippen molar-refractivity contribution in [3.8, 4) is 0 Å². The van der Waals surface area contributed by atoms with Crippen LogP contribution in [-0.2, 0) is 0 Å². The summed E-state index contributed by atoms with van der Waals surface area (Å²) >= 11 is 0. The molecule has 0 fully saturated rings. The highest BCUT2D eigenvalue weighted by molar-refractivity contribution is 5.96. The molecule has 0 spiro atoms. The molecule has 0 nitrogen and oxygen atoms in total. The molecule has 0 N–H and O–H groups in total. The molecular formula is C28H38. The van der Waals surface area contributed by atoms with Crippen molar-refractivity contribution < 1.29 is 0 Å². The Bertz CT molecular complexity index is 797. The van der Waals surface area contributed by atoms with Crippen LogP contribution >= 0.6 is 0 Å². The van der Waals surface area contributed by atoms with Gasteiger partial charge in [0.1, 0.15) is 0 Å². The molecule has 0 saturated carbocycles. The van der Waals surface area contributed by atoms with Crippen LogP contribution in [0.1, 0.15) is 119 Å². The normalized spacial score (nSPS) is 20.0. The third-order valence-corrected chi connectivity index (χ3v) is 7.20. The van der Waals surface area contributed by atoms with Crippen molar-refractivity contribution in [2.75, 3.05) is 0 Å². The molecule has 0 aliphatic heterocycles. The molecule has 150 valence electrons. The Morgan fingerprint density at radius 3 is 2.32 bits per heavy atom. The van der Waals surface area contributed by atoms with Gasteiger partial charge in [0.25, 0.3) is 0 Å². The summed E-state index contributed by atoms with van der Waals surface area (Å²) in [7, 11) is 0. The molecule has 4 rings (SSSR count). The molecule has 0 saturated heterocycles. The van der Waals surface area contributed by atoms with E-state index in [4.69, 9.17) is 0 Å². The maximum atomic E-state index is 2.47. The zero-order valence-electron chi connectivity index (χ0n) is 17.9. The molecule has 2 aromatic rings. The number of unbranched alkanes of at least 4 members (excludes halogenated alkanes) is 9. The summed E-state index contributed by atoms with van der Waals surface area (Å²) < 4.78 is 0. The van der Waals surface area contributed by atoms with E-state index in [0.29, 0.717) is 5.92 Å². The molecular weight excluding hydrogens is 336 g/mol. The number of benzene rings is 2. The maximum absolute atomic E-state index is 2.47. The van der Waals surface area contributed by atoms with Crippen molar-refractivity contribution in [1.29, 1.82) is 0 Å². The third kappa shape index (κ3) is 4.37. The van der Waals surface area contributed by atoms with E-state index >= 15 is 0 Å². The van der Waals surface area contributed by atoms with Gasteiger partial charge in [-0.05, 0) is 52.6 Å². The first kappa shape index (κ1) is 19.7. The van der Waals surface area contributed by atoms with Crippen LogP contribution in [0.15, 0.2) is 36.4 Å². The van der Waals surface area contributed by atoms with Crippen molar-refractivity contribution in [3.63, 3.8) is 0 Å². The molecule has 0 aromatic heterocycles. The van der Waals surface area contributed by atoms with Gasteiger partial charge in [0.2, 0.25) is 0 Å². The molecule has 2 unspecified atom stereocenters. The van der Waals surface area contributed by atoms with E-state index in [9.17, 15) is 0 Å². The fraction of sp³-hybridized carbons (Fsp3) is 0.571. The van der Waals surface area contributed by atoms with Crippen LogP contribution in [-0.4, -0.2) is 0 Å². The summed E-state index contributed by atoms with van der Waals surface area (Å²) in [4.78, 5) is 0. The minimum absolute atomic E-state index is 0.664. The lowest BCUT2D eigenvalue weighted by Crippen LogP contribution is -2.16. The molecule has 0 bridgehead atoms. The molecule has 0 radical (unpaired) electrons. The van der Waals surface area contributed by atoms with Gasteiger partial charge in [-0.1, -0.05) is 114 Å². The molecule has 2 aliphatic rings. The first-order valence-corrected chi connectivity index (χ1v) is 12.1. The fourth-order valence-electron chi connectivity index (χ4n) is 5.62. The molecule has 0 amide bonds. The van der Waals surface area contributed by atoms with Crippen LogP contribution in [0.3, 0.4) is 0 Å². The van der Waals surface area contributed by atoms with Gasteiger partial charge < -0.3 is 0 Å². The average Bonchev–Trinajstić information content (AvgIpc) is 2.74. The molecule has 2 aliphatic carbocycles. The van der Waals surface area contributed by atoms with Crippen LogP contribution in [0.4, 0.5) is 0 Å². The Balaban J connectivity index is 1.28. The Morgan fingerprint density at radius 1 is 0.786 bits per heavy atom. The summed E-state index contributed by atoms with van der Waals surface area (Å²) in [5.41, 5.74) is 4.79. The minimum Gasteiger partial charge on any atom is -0.0764 e. The number of allylic oxidation sites excluding steroid dienone is 1. The first-order chi connectivity index (χ1) is 13.9. The highest BCUT2D eigenvalue weighted by atomic mass is 14.3. The lowest BCUT2D eigenvalue weighted by Gasteiger charge is -2.34. The lowest BCUT2D eigenvalue weighted by molar-refractivity contribution is 0.468. The molecule has 2 aromatic carbocycles. The predicted octanol–water partition coefficient (Wildman–Crippen LogP) is 9.14. The Labute approximate surface area is 172 Å². The van der Waals surface area contributed by atoms with Crippen LogP contribution in [0, 0.1) is 0 Å². The van der Waals surface area contributed by atoms with Crippen LogP contribution in [0.5, 0.6) is 0 Å². The summed E-state index contributed by atoms with van der Waals surface area (Å²) in [6.45, 7) is 2.30. The van der Waals surface area contributed by atoms with Crippen molar-refractivity contribution in [3.05, 3.63) is 53.1 Å². The standard InChI is InChI=1S/C28H38/c1-2-3-4-5-6-7-8-9-10-11-13-22-16-17-25-19-18-23-14-12-15-24-20-21-26(22)28(25)27(23)24/h12,14-15,18-22,25H,2-11,13,16-17H2,1H3. The molecule has 0 heterocycles. The monoisotopic (exact) mass is 374 g/mol. The van der Waals surface area contributed by atoms with Crippen LogP contribution in [0.2, 0.25) is 0 Å². The topological polar surface area (TPSA) is 0 Å². The van der Waals surface area contributed by atoms with Gasteiger partial charge in [0, 0.05) is 5.92 Å². The van der Waals surface area contributed by atoms with E-state index in [2.05, 4.69) is 49.4 Å². The van der Waals surface area contributed by atoms with E-state index in [-0.39, 0.29) is 0 Å². The van der Waals surface area contributed by atoms with E-state index in [1.54, 1.807) is 16.5 Å². The third-order valence-electron chi connectivity index (χ3n) is 7.20. The SMILES string of the molecule is CCCCCCCCCCCCC1CCC2C=Cc3cccc4ccc1c2c34. The van der Waals surface area contributed by atoms with Crippen molar-refractivity contribution in [2.45, 2.75) is 102 Å². The van der Waals surface area contributed by atoms with E-state index in [1.807, 2.05) is 0 Å². The number of hydrogen-bond acceptors (Lipinski definition) is 0. The smallest absolute Gasteiger partial charge is 0.00307 e. The summed E-state index contributed by atoms with van der Waals surface area (Å²) in [5.74, 6) is 1.46. The lowest BCUT2D eigenvalue weighted by atomic mass is 9.71. The van der Waals surface area contributed by atoms with Crippen molar-refractivity contribution in [1.82, 2.24) is 0 Å². The first-order valence-electron chi connectivity index (χ1n) is 12.1. The summed E-state index contributed by atoms with van der Waals surface area (Å²) in [5, 5.41) is 2.99. The second kappa shape index (κ2) is 9.77. The average molecular weight is 375 g/mol. The van der Waals surface area contributed by atoms with Gasteiger partial charge in [-0.3, -0.25) is 0 Å². The summed E-state index contributed by atoms with van der Waals surface area (Å²) in [6, 6.07) is 11.6. The Kier molecular flexibility index (Phi) is 6.89. The number of hydrogen-bond donors (Lipinski definition) is 0. The van der Waals surface area contributed by atoms with Crippen LogP contribution in [0.25, 0.3) is 16.8 Å². The Morgan fingerprint density at radius 2 is 1.54 bits per heavy atom. The van der Waals surface area contributed by atoms with E-state index in [0.717, 1.165) is 5.92 Å². The molecule has 28 heavy (non-hydrogen) atoms.